The van der Waals surface area contributed by atoms with Crippen LogP contribution in [-0.4, -0.2) is 70.4 Å². The smallest absolute Gasteiger partial charge is 0.326 e. The van der Waals surface area contributed by atoms with Gasteiger partial charge in [-0.25, -0.2) is 4.79 Å². The molecule has 1 heterocycles. The summed E-state index contributed by atoms with van der Waals surface area (Å²) in [5.74, 6) is -3.80. The summed E-state index contributed by atoms with van der Waals surface area (Å²) >= 11 is 0. The van der Waals surface area contributed by atoms with Gasteiger partial charge in [0.15, 0.2) is 0 Å². The normalized spacial score (nSPS) is 14.2. The number of rotatable bonds is 16. The molecule has 2 aromatic rings. The van der Waals surface area contributed by atoms with Crippen molar-refractivity contribution < 1.29 is 29.1 Å². The van der Waals surface area contributed by atoms with Crippen LogP contribution in [0, 0.1) is 0 Å². The second-order valence-electron chi connectivity index (χ2n) is 9.15. The van der Waals surface area contributed by atoms with Gasteiger partial charge in [0, 0.05) is 29.9 Å². The minimum atomic E-state index is -1.23. The molecule has 1 aromatic heterocycles. The molecule has 0 aliphatic heterocycles. The van der Waals surface area contributed by atoms with Crippen molar-refractivity contribution in [2.24, 2.45) is 17.2 Å². The van der Waals surface area contributed by atoms with Crippen LogP contribution in [0.1, 0.15) is 44.6 Å². The fraction of sp³-hybridized carbons (Fsp3) is 0.480. The maximum Gasteiger partial charge on any atom is 0.326 e. The van der Waals surface area contributed by atoms with E-state index in [0.717, 1.165) is 16.5 Å². The van der Waals surface area contributed by atoms with Crippen LogP contribution in [0.15, 0.2) is 30.5 Å². The third-order valence-electron chi connectivity index (χ3n) is 6.08. The zero-order valence-corrected chi connectivity index (χ0v) is 21.4. The summed E-state index contributed by atoms with van der Waals surface area (Å²) in [4.78, 5) is 64.1. The van der Waals surface area contributed by atoms with E-state index in [0.29, 0.717) is 19.4 Å². The molecule has 1 aromatic carbocycles. The number of nitrogens with two attached hydrogens (primary N) is 3. The number of carboxylic acids is 1. The van der Waals surface area contributed by atoms with Gasteiger partial charge in [-0.1, -0.05) is 18.2 Å². The molecule has 0 aliphatic carbocycles. The lowest BCUT2D eigenvalue weighted by Gasteiger charge is -2.23. The van der Waals surface area contributed by atoms with Gasteiger partial charge in [-0.2, -0.15) is 0 Å². The number of aromatic amines is 1. The van der Waals surface area contributed by atoms with E-state index in [2.05, 4.69) is 20.9 Å². The second kappa shape index (κ2) is 14.7. The van der Waals surface area contributed by atoms with E-state index in [1.165, 1.54) is 6.92 Å². The SMILES string of the molecule is CC(NC(=O)C(CCCCN)NC(=O)C(N)CCC(N)=O)C(=O)NC(Cc1c[nH]c2ccccc12)C(=O)O. The molecule has 0 fully saturated rings. The number of hydrogen-bond donors (Lipinski definition) is 8. The number of aliphatic carboxylic acids is 1. The Balaban J connectivity index is 2.01. The highest BCUT2D eigenvalue weighted by molar-refractivity contribution is 5.94. The summed E-state index contributed by atoms with van der Waals surface area (Å²) in [7, 11) is 0. The predicted molar refractivity (Wildman–Crippen MR) is 140 cm³/mol. The molecule has 0 spiro atoms. The molecule has 4 atom stereocenters. The summed E-state index contributed by atoms with van der Waals surface area (Å²) in [6, 6.07) is 3.01. The molecule has 0 radical (unpaired) electrons. The van der Waals surface area contributed by atoms with Gasteiger partial charge in [0.25, 0.3) is 0 Å². The van der Waals surface area contributed by atoms with E-state index in [4.69, 9.17) is 17.2 Å². The number of fused-ring (bicyclic) bond motifs is 1. The number of unbranched alkanes of at least 4 members (excludes halogenated alkanes) is 1. The summed E-state index contributed by atoms with van der Waals surface area (Å²) < 4.78 is 0. The van der Waals surface area contributed by atoms with Gasteiger partial charge >= 0.3 is 5.97 Å². The Morgan fingerprint density at radius 3 is 2.29 bits per heavy atom. The Bertz CT molecular complexity index is 1130. The van der Waals surface area contributed by atoms with Crippen LogP contribution in [0.25, 0.3) is 10.9 Å². The fourth-order valence-corrected chi connectivity index (χ4v) is 3.87. The summed E-state index contributed by atoms with van der Waals surface area (Å²) in [5, 5.41) is 18.1. The maximum atomic E-state index is 12.9. The summed E-state index contributed by atoms with van der Waals surface area (Å²) in [6.07, 6.45) is 3.04. The van der Waals surface area contributed by atoms with Crippen LogP contribution in [0.2, 0.25) is 0 Å². The number of amides is 4. The van der Waals surface area contributed by atoms with Crippen molar-refractivity contribution in [2.45, 2.75) is 69.6 Å². The summed E-state index contributed by atoms with van der Waals surface area (Å²) in [6.45, 7) is 1.81. The molecule has 38 heavy (non-hydrogen) atoms. The zero-order valence-electron chi connectivity index (χ0n) is 21.4. The monoisotopic (exact) mass is 531 g/mol. The Morgan fingerprint density at radius 2 is 1.63 bits per heavy atom. The molecule has 0 saturated carbocycles. The van der Waals surface area contributed by atoms with Gasteiger partial charge in [0.05, 0.1) is 6.04 Å². The molecular formula is C25H37N7O6. The van der Waals surface area contributed by atoms with Crippen molar-refractivity contribution in [1.82, 2.24) is 20.9 Å². The van der Waals surface area contributed by atoms with E-state index >= 15 is 0 Å². The van der Waals surface area contributed by atoms with Crippen molar-refractivity contribution in [2.75, 3.05) is 6.54 Å². The topological polar surface area (TPSA) is 236 Å². The number of benzene rings is 1. The van der Waals surface area contributed by atoms with E-state index in [9.17, 15) is 29.1 Å². The van der Waals surface area contributed by atoms with Crippen molar-refractivity contribution in [3.63, 3.8) is 0 Å². The number of carboxylic acid groups (broad SMARTS) is 1. The average Bonchev–Trinajstić information content (AvgIpc) is 3.28. The van der Waals surface area contributed by atoms with Crippen LogP contribution in [0.3, 0.4) is 0 Å². The largest absolute Gasteiger partial charge is 0.480 e. The molecule has 4 amide bonds. The molecule has 0 aliphatic rings. The van der Waals surface area contributed by atoms with Crippen LogP contribution < -0.4 is 33.2 Å². The lowest BCUT2D eigenvalue weighted by molar-refractivity contribution is -0.142. The van der Waals surface area contributed by atoms with Gasteiger partial charge in [0.2, 0.25) is 23.6 Å². The lowest BCUT2D eigenvalue weighted by atomic mass is 10.0. The van der Waals surface area contributed by atoms with Crippen molar-refractivity contribution >= 4 is 40.5 Å². The second-order valence-corrected chi connectivity index (χ2v) is 9.15. The highest BCUT2D eigenvalue weighted by Crippen LogP contribution is 2.19. The Hall–Kier alpha value is -3.97. The van der Waals surface area contributed by atoms with Crippen molar-refractivity contribution in [1.29, 1.82) is 0 Å². The first-order valence-corrected chi connectivity index (χ1v) is 12.5. The number of carbonyl (C=O) groups excluding carboxylic acids is 4. The Kier molecular flexibility index (Phi) is 11.7. The number of aromatic nitrogens is 1. The van der Waals surface area contributed by atoms with E-state index in [1.807, 2.05) is 24.3 Å². The zero-order chi connectivity index (χ0) is 28.2. The third-order valence-corrected chi connectivity index (χ3v) is 6.08. The van der Waals surface area contributed by atoms with Crippen LogP contribution >= 0.6 is 0 Å². The van der Waals surface area contributed by atoms with E-state index < -0.39 is 53.8 Å². The first-order chi connectivity index (χ1) is 18.0. The molecule has 0 bridgehead atoms. The maximum absolute atomic E-state index is 12.9. The van der Waals surface area contributed by atoms with E-state index in [1.54, 1.807) is 6.20 Å². The van der Waals surface area contributed by atoms with Crippen LogP contribution in [0.5, 0.6) is 0 Å². The van der Waals surface area contributed by atoms with Gasteiger partial charge < -0.3 is 43.2 Å². The first kappa shape index (κ1) is 30.3. The minimum Gasteiger partial charge on any atom is -0.480 e. The quantitative estimate of drug-likeness (QED) is 0.125. The minimum absolute atomic E-state index is 0.0180. The predicted octanol–water partition coefficient (Wildman–Crippen LogP) is -1.01. The highest BCUT2D eigenvalue weighted by Gasteiger charge is 2.28. The third kappa shape index (κ3) is 9.16. The number of carbonyl (C=O) groups is 5. The van der Waals surface area contributed by atoms with Gasteiger partial charge in [0.1, 0.15) is 18.1 Å². The molecule has 208 valence electrons. The average molecular weight is 532 g/mol. The standard InChI is InChI=1S/C25H37N7O6/c1-14(22(34)32-20(25(37)38)12-15-13-29-18-7-3-2-6-16(15)18)30-24(36)19(8-4-5-11-26)31-23(35)17(27)9-10-21(28)33/h2-3,6-7,13-14,17,19-20,29H,4-5,8-12,26-27H2,1H3,(H2,28,33)(H,30,36)(H,31,35)(H,32,34)(H,37,38). The summed E-state index contributed by atoms with van der Waals surface area (Å²) in [5.41, 5.74) is 18.0. The molecule has 2 rings (SSSR count). The van der Waals surface area contributed by atoms with Crippen LogP contribution in [-0.2, 0) is 30.4 Å². The number of primary amides is 1. The van der Waals surface area contributed by atoms with Crippen molar-refractivity contribution in [3.05, 3.63) is 36.0 Å². The molecule has 11 N–H and O–H groups in total. The molecule has 4 unspecified atom stereocenters. The highest BCUT2D eigenvalue weighted by atomic mass is 16.4. The number of nitrogens with one attached hydrogen (secondary N) is 4. The Labute approximate surface area is 220 Å². The van der Waals surface area contributed by atoms with Gasteiger partial charge in [-0.05, 0) is 50.8 Å². The first-order valence-electron chi connectivity index (χ1n) is 12.5. The van der Waals surface area contributed by atoms with Crippen molar-refractivity contribution in [3.8, 4) is 0 Å². The Morgan fingerprint density at radius 1 is 0.947 bits per heavy atom. The van der Waals surface area contributed by atoms with Gasteiger partial charge in [-0.3, -0.25) is 19.2 Å². The van der Waals surface area contributed by atoms with Gasteiger partial charge in [-0.15, -0.1) is 0 Å². The fourth-order valence-electron chi connectivity index (χ4n) is 3.87. The number of para-hydroxylation sites is 1. The number of hydrogen-bond acceptors (Lipinski definition) is 7. The lowest BCUT2D eigenvalue weighted by Crippen LogP contribution is -2.56. The molecular weight excluding hydrogens is 494 g/mol. The molecule has 13 nitrogen and oxygen atoms in total. The van der Waals surface area contributed by atoms with Crippen LogP contribution in [0.4, 0.5) is 0 Å². The molecule has 0 saturated heterocycles. The van der Waals surface area contributed by atoms with E-state index in [-0.39, 0.29) is 25.7 Å². The molecule has 13 heteroatoms. The number of H-pyrrole nitrogens is 1.